The molecule has 0 fully saturated rings. The number of benzene rings is 1. The largest absolute Gasteiger partial charge is 0.486 e. The summed E-state index contributed by atoms with van der Waals surface area (Å²) in [5.74, 6) is 0.784. The molecule has 0 aliphatic carbocycles. The van der Waals surface area contributed by atoms with Crippen LogP contribution >= 0.6 is 0 Å². The number of carbonyl (C=O) groups excluding carboxylic acids is 1. The van der Waals surface area contributed by atoms with Gasteiger partial charge in [-0.3, -0.25) is 4.79 Å². The van der Waals surface area contributed by atoms with E-state index in [1.807, 2.05) is 45.0 Å². The Morgan fingerprint density at radius 3 is 2.14 bits per heavy atom. The maximum absolute atomic E-state index is 10.6. The second-order valence-corrected chi connectivity index (χ2v) is 2.80. The molecule has 0 saturated heterocycles. The molecule has 1 aromatic carbocycles. The van der Waals surface area contributed by atoms with Gasteiger partial charge in [-0.05, 0) is 26.0 Å². The Bertz CT molecular complexity index is 262. The number of hydrogen-bond donors (Lipinski definition) is 0. The van der Waals surface area contributed by atoms with Crippen LogP contribution in [0.15, 0.2) is 24.3 Å². The van der Waals surface area contributed by atoms with E-state index in [2.05, 4.69) is 0 Å². The van der Waals surface area contributed by atoms with Gasteiger partial charge in [0.1, 0.15) is 12.4 Å². The first-order chi connectivity index (χ1) is 6.68. The number of Topliss-reactive ketones (excluding diaryl/α,β-unsaturated/α-hetero) is 1. The fourth-order valence-electron chi connectivity index (χ4n) is 0.819. The van der Waals surface area contributed by atoms with Gasteiger partial charge < -0.3 is 4.74 Å². The summed E-state index contributed by atoms with van der Waals surface area (Å²) in [6.45, 7) is 7.67. The molecule has 0 aromatic heterocycles. The molecular weight excluding hydrogens is 176 g/mol. The van der Waals surface area contributed by atoms with Crippen LogP contribution in [0.1, 0.15) is 26.3 Å². The van der Waals surface area contributed by atoms with E-state index >= 15 is 0 Å². The zero-order valence-electron chi connectivity index (χ0n) is 9.33. The summed E-state index contributed by atoms with van der Waals surface area (Å²) in [4.78, 5) is 10.6. The van der Waals surface area contributed by atoms with Crippen molar-refractivity contribution in [2.45, 2.75) is 27.7 Å². The first-order valence-electron chi connectivity index (χ1n) is 4.87. The Morgan fingerprint density at radius 2 is 1.71 bits per heavy atom. The van der Waals surface area contributed by atoms with Crippen LogP contribution in [-0.4, -0.2) is 12.4 Å². The standard InChI is InChI=1S/C10H12O2.C2H6/c1-8-3-5-10(6-4-8)12-7-9(2)11;1-2/h3-6H,7H2,1-2H3;1-2H3. The van der Waals surface area contributed by atoms with Crippen LogP contribution in [0.2, 0.25) is 0 Å². The first kappa shape index (κ1) is 12.7. The van der Waals surface area contributed by atoms with Crippen LogP contribution in [0.3, 0.4) is 0 Å². The van der Waals surface area contributed by atoms with Crippen molar-refractivity contribution in [3.8, 4) is 5.75 Å². The summed E-state index contributed by atoms with van der Waals surface area (Å²) in [6.07, 6.45) is 0. The normalized spacial score (nSPS) is 8.57. The molecule has 2 nitrogen and oxygen atoms in total. The van der Waals surface area contributed by atoms with E-state index in [1.54, 1.807) is 0 Å². The summed E-state index contributed by atoms with van der Waals surface area (Å²) < 4.78 is 5.17. The number of ether oxygens (including phenoxy) is 1. The molecule has 0 heterocycles. The molecule has 1 rings (SSSR count). The molecule has 0 aliphatic rings. The highest BCUT2D eigenvalue weighted by atomic mass is 16.5. The highest BCUT2D eigenvalue weighted by molar-refractivity contribution is 5.77. The van der Waals surface area contributed by atoms with Crippen LogP contribution in [0.25, 0.3) is 0 Å². The molecule has 0 N–H and O–H groups in total. The molecule has 78 valence electrons. The Labute approximate surface area is 85.9 Å². The highest BCUT2D eigenvalue weighted by Crippen LogP contribution is 2.10. The van der Waals surface area contributed by atoms with Gasteiger partial charge in [-0.2, -0.15) is 0 Å². The molecule has 0 amide bonds. The maximum atomic E-state index is 10.6. The SMILES string of the molecule is CC.CC(=O)COc1ccc(C)cc1. The molecule has 14 heavy (non-hydrogen) atoms. The topological polar surface area (TPSA) is 26.3 Å². The molecule has 2 heteroatoms. The van der Waals surface area contributed by atoms with Gasteiger partial charge in [-0.1, -0.05) is 31.5 Å². The Balaban J connectivity index is 0.000000791. The Morgan fingerprint density at radius 1 is 1.21 bits per heavy atom. The number of aryl methyl sites for hydroxylation is 1. The molecule has 0 atom stereocenters. The monoisotopic (exact) mass is 194 g/mol. The van der Waals surface area contributed by atoms with Crippen LogP contribution in [0.4, 0.5) is 0 Å². The van der Waals surface area contributed by atoms with Crippen molar-refractivity contribution in [1.82, 2.24) is 0 Å². The van der Waals surface area contributed by atoms with E-state index in [0.29, 0.717) is 0 Å². The van der Waals surface area contributed by atoms with Gasteiger partial charge in [0.15, 0.2) is 5.78 Å². The molecule has 0 unspecified atom stereocenters. The van der Waals surface area contributed by atoms with Crippen LogP contribution in [0, 0.1) is 6.92 Å². The molecular formula is C12H18O2. The lowest BCUT2D eigenvalue weighted by Crippen LogP contribution is -2.06. The maximum Gasteiger partial charge on any atom is 0.167 e. The van der Waals surface area contributed by atoms with E-state index in [4.69, 9.17) is 4.74 Å². The van der Waals surface area contributed by atoms with Gasteiger partial charge in [0.25, 0.3) is 0 Å². The third-order valence-electron chi connectivity index (χ3n) is 1.46. The molecule has 0 spiro atoms. The van der Waals surface area contributed by atoms with Crippen LogP contribution in [0.5, 0.6) is 5.75 Å². The lowest BCUT2D eigenvalue weighted by Gasteiger charge is -2.02. The number of carbonyl (C=O) groups is 1. The van der Waals surface area contributed by atoms with Crippen molar-refractivity contribution in [1.29, 1.82) is 0 Å². The van der Waals surface area contributed by atoms with E-state index in [0.717, 1.165) is 5.75 Å². The third-order valence-corrected chi connectivity index (χ3v) is 1.46. The summed E-state index contributed by atoms with van der Waals surface area (Å²) in [5.41, 5.74) is 1.19. The van der Waals surface area contributed by atoms with Crippen molar-refractivity contribution in [2.75, 3.05) is 6.61 Å². The summed E-state index contributed by atoms with van der Waals surface area (Å²) in [6, 6.07) is 7.63. The van der Waals surface area contributed by atoms with Crippen molar-refractivity contribution in [3.63, 3.8) is 0 Å². The van der Waals surface area contributed by atoms with Gasteiger partial charge >= 0.3 is 0 Å². The van der Waals surface area contributed by atoms with Gasteiger partial charge in [0.2, 0.25) is 0 Å². The van der Waals surface area contributed by atoms with Crippen LogP contribution in [-0.2, 0) is 4.79 Å². The van der Waals surface area contributed by atoms with Crippen molar-refractivity contribution >= 4 is 5.78 Å². The smallest absolute Gasteiger partial charge is 0.167 e. The van der Waals surface area contributed by atoms with Crippen molar-refractivity contribution in [2.24, 2.45) is 0 Å². The van der Waals surface area contributed by atoms with E-state index in [-0.39, 0.29) is 12.4 Å². The molecule has 0 saturated carbocycles. The van der Waals surface area contributed by atoms with Gasteiger partial charge in [0.05, 0.1) is 0 Å². The minimum Gasteiger partial charge on any atom is -0.486 e. The van der Waals surface area contributed by atoms with Gasteiger partial charge in [-0.25, -0.2) is 0 Å². The second kappa shape index (κ2) is 7.13. The average Bonchev–Trinajstić information content (AvgIpc) is 2.20. The van der Waals surface area contributed by atoms with Crippen molar-refractivity contribution in [3.05, 3.63) is 29.8 Å². The molecule has 0 bridgehead atoms. The van der Waals surface area contributed by atoms with E-state index in [9.17, 15) is 4.79 Å². The number of rotatable bonds is 3. The highest BCUT2D eigenvalue weighted by Gasteiger charge is 1.94. The Kier molecular flexibility index (Phi) is 6.46. The lowest BCUT2D eigenvalue weighted by atomic mass is 10.2. The quantitative estimate of drug-likeness (QED) is 0.739. The molecule has 1 aromatic rings. The van der Waals surface area contributed by atoms with Crippen LogP contribution < -0.4 is 4.74 Å². The first-order valence-corrected chi connectivity index (χ1v) is 4.87. The minimum absolute atomic E-state index is 0.0376. The second-order valence-electron chi connectivity index (χ2n) is 2.80. The number of hydrogen-bond acceptors (Lipinski definition) is 2. The fraction of sp³-hybridized carbons (Fsp3) is 0.417. The fourth-order valence-corrected chi connectivity index (χ4v) is 0.819. The zero-order valence-corrected chi connectivity index (χ0v) is 9.33. The van der Waals surface area contributed by atoms with Gasteiger partial charge in [0, 0.05) is 0 Å². The zero-order chi connectivity index (χ0) is 11.0. The van der Waals surface area contributed by atoms with Crippen molar-refractivity contribution < 1.29 is 9.53 Å². The molecule has 0 aliphatic heterocycles. The van der Waals surface area contributed by atoms with E-state index < -0.39 is 0 Å². The average molecular weight is 194 g/mol. The summed E-state index contributed by atoms with van der Waals surface area (Å²) in [5, 5.41) is 0. The van der Waals surface area contributed by atoms with E-state index in [1.165, 1.54) is 12.5 Å². The molecule has 0 radical (unpaired) electrons. The van der Waals surface area contributed by atoms with Gasteiger partial charge in [-0.15, -0.1) is 0 Å². The lowest BCUT2D eigenvalue weighted by molar-refractivity contribution is -0.118. The Hall–Kier alpha value is -1.31. The minimum atomic E-state index is 0.0376. The summed E-state index contributed by atoms with van der Waals surface area (Å²) in [7, 11) is 0. The number of ketones is 1. The predicted molar refractivity (Wildman–Crippen MR) is 58.7 cm³/mol. The predicted octanol–water partition coefficient (Wildman–Crippen LogP) is 2.99. The summed E-state index contributed by atoms with van der Waals surface area (Å²) >= 11 is 0. The third kappa shape index (κ3) is 5.36.